The normalized spacial score (nSPS) is 15.1. The van der Waals surface area contributed by atoms with Gasteiger partial charge in [-0.05, 0) is 44.6 Å². The number of amides is 3. The van der Waals surface area contributed by atoms with E-state index in [1.54, 1.807) is 0 Å². The number of carboxylic acid groups (broad SMARTS) is 1. The molecule has 0 aliphatic rings. The number of rotatable bonds is 18. The van der Waals surface area contributed by atoms with Gasteiger partial charge in [0.1, 0.15) is 18.1 Å². The fourth-order valence-electron chi connectivity index (χ4n) is 3.04. The molecule has 0 saturated carbocycles. The van der Waals surface area contributed by atoms with Gasteiger partial charge in [-0.25, -0.2) is 4.79 Å². The molecule has 0 fully saturated rings. The van der Waals surface area contributed by atoms with Gasteiger partial charge in [-0.1, -0.05) is 20.3 Å². The third kappa shape index (κ3) is 13.2. The number of carbonyl (C=O) groups is 4. The molecule has 5 unspecified atom stereocenters. The Morgan fingerprint density at radius 3 is 1.97 bits per heavy atom. The summed E-state index contributed by atoms with van der Waals surface area (Å²) < 4.78 is 0. The largest absolute Gasteiger partial charge is 0.480 e. The summed E-state index contributed by atoms with van der Waals surface area (Å²) in [6, 6.07) is -4.08. The minimum atomic E-state index is -1.19. The molecule has 0 aromatic rings. The molecule has 13 nitrogen and oxygen atoms in total. The highest BCUT2D eigenvalue weighted by atomic mass is 32.1. The molecule has 0 heterocycles. The summed E-state index contributed by atoms with van der Waals surface area (Å²) in [4.78, 5) is 53.6. The second kappa shape index (κ2) is 17.8. The molecule has 0 rings (SSSR count). The van der Waals surface area contributed by atoms with Crippen molar-refractivity contribution < 1.29 is 24.3 Å². The topological polar surface area (TPSA) is 241 Å². The van der Waals surface area contributed by atoms with Crippen molar-refractivity contribution in [1.29, 1.82) is 0 Å². The van der Waals surface area contributed by atoms with Gasteiger partial charge in [0, 0.05) is 12.3 Å². The molecule has 0 aromatic carbocycles. The third-order valence-electron chi connectivity index (χ3n) is 5.52. The van der Waals surface area contributed by atoms with Crippen molar-refractivity contribution in [2.45, 2.75) is 76.5 Å². The van der Waals surface area contributed by atoms with Gasteiger partial charge in [0.05, 0.1) is 6.04 Å². The average Bonchev–Trinajstić information content (AvgIpc) is 2.81. The summed E-state index contributed by atoms with van der Waals surface area (Å²) in [5, 5.41) is 17.0. The molecule has 0 spiro atoms. The zero-order valence-corrected chi connectivity index (χ0v) is 21.4. The number of nitrogens with zero attached hydrogens (tertiary/aromatic N) is 1. The van der Waals surface area contributed by atoms with E-state index in [2.05, 4.69) is 33.6 Å². The minimum Gasteiger partial charge on any atom is -0.480 e. The van der Waals surface area contributed by atoms with Crippen LogP contribution in [-0.2, 0) is 19.2 Å². The number of hydrogen-bond acceptors (Lipinski definition) is 8. The summed E-state index contributed by atoms with van der Waals surface area (Å²) in [5.41, 5.74) is 22.0. The van der Waals surface area contributed by atoms with Crippen LogP contribution < -0.4 is 38.9 Å². The molecule has 3 amide bonds. The molecule has 12 N–H and O–H groups in total. The van der Waals surface area contributed by atoms with E-state index in [0.717, 1.165) is 0 Å². The maximum absolute atomic E-state index is 13.0. The number of nitrogens with one attached hydrogen (secondary N) is 3. The summed E-state index contributed by atoms with van der Waals surface area (Å²) in [6.45, 7) is 4.37. The van der Waals surface area contributed by atoms with Gasteiger partial charge in [0.25, 0.3) is 0 Å². The highest BCUT2D eigenvalue weighted by Crippen LogP contribution is 2.08. The molecular weight excluding hydrogens is 476 g/mol. The van der Waals surface area contributed by atoms with Crippen LogP contribution in [-0.4, -0.2) is 77.8 Å². The summed E-state index contributed by atoms with van der Waals surface area (Å²) in [7, 11) is 0. The predicted octanol–water partition coefficient (Wildman–Crippen LogP) is -1.99. The SMILES string of the molecule is CCC(C)C(N)C(=O)NC(CCCN=C(N)N)C(=O)NC(CS)C(=O)NC(CCCCN)C(=O)O. The molecule has 0 aliphatic carbocycles. The van der Waals surface area contributed by atoms with Gasteiger partial charge in [0.2, 0.25) is 17.7 Å². The highest BCUT2D eigenvalue weighted by Gasteiger charge is 2.30. The number of hydrogen-bond donors (Lipinski definition) is 9. The number of thiol groups is 1. The van der Waals surface area contributed by atoms with Crippen LogP contribution in [0.1, 0.15) is 52.4 Å². The van der Waals surface area contributed by atoms with Gasteiger partial charge in [0.15, 0.2) is 5.96 Å². The van der Waals surface area contributed by atoms with E-state index in [1.807, 2.05) is 13.8 Å². The van der Waals surface area contributed by atoms with E-state index in [-0.39, 0.29) is 37.0 Å². The Kier molecular flexibility index (Phi) is 16.5. The van der Waals surface area contributed by atoms with Gasteiger partial charge in [-0.3, -0.25) is 19.4 Å². The van der Waals surface area contributed by atoms with Crippen molar-refractivity contribution in [3.05, 3.63) is 0 Å². The van der Waals surface area contributed by atoms with Crippen LogP contribution in [0, 0.1) is 5.92 Å². The van der Waals surface area contributed by atoms with Gasteiger partial charge in [-0.15, -0.1) is 0 Å². The molecule has 0 aromatic heterocycles. The number of aliphatic imine (C=N–C) groups is 1. The molecule has 35 heavy (non-hydrogen) atoms. The second-order valence-corrected chi connectivity index (χ2v) is 8.71. The van der Waals surface area contributed by atoms with E-state index >= 15 is 0 Å². The van der Waals surface area contributed by atoms with E-state index in [4.69, 9.17) is 22.9 Å². The number of nitrogens with two attached hydrogens (primary N) is 4. The van der Waals surface area contributed by atoms with Crippen molar-refractivity contribution in [2.24, 2.45) is 33.8 Å². The van der Waals surface area contributed by atoms with E-state index in [9.17, 15) is 24.3 Å². The van der Waals surface area contributed by atoms with E-state index in [0.29, 0.717) is 32.2 Å². The van der Waals surface area contributed by atoms with E-state index in [1.165, 1.54) is 0 Å². The number of guanidine groups is 1. The third-order valence-corrected chi connectivity index (χ3v) is 5.88. The van der Waals surface area contributed by atoms with Crippen molar-refractivity contribution in [2.75, 3.05) is 18.8 Å². The van der Waals surface area contributed by atoms with E-state index < -0.39 is 47.9 Å². The Hall–Kier alpha value is -2.58. The fraction of sp³-hybridized carbons (Fsp3) is 0.762. The first-order valence-corrected chi connectivity index (χ1v) is 12.4. The lowest BCUT2D eigenvalue weighted by atomic mass is 9.98. The van der Waals surface area contributed by atoms with Gasteiger partial charge < -0.3 is 44.0 Å². The van der Waals surface area contributed by atoms with Crippen molar-refractivity contribution >= 4 is 42.3 Å². The maximum atomic E-state index is 13.0. The first-order chi connectivity index (χ1) is 16.5. The Morgan fingerprint density at radius 2 is 1.46 bits per heavy atom. The number of unbranched alkanes of at least 4 members (excludes halogenated alkanes) is 1. The standard InChI is InChI=1S/C21H42N8O5S/c1-3-12(2)16(23)19(32)27-13(8-6-10-26-21(24)25)17(30)29-15(11-35)18(31)28-14(20(33)34)7-4-5-9-22/h12-16,35H,3-11,22-23H2,1-2H3,(H,27,32)(H,28,31)(H,29,30)(H,33,34)(H4,24,25,26). The van der Waals surface area contributed by atoms with Crippen LogP contribution in [0.3, 0.4) is 0 Å². The Bertz CT molecular complexity index is 720. The van der Waals surface area contributed by atoms with Crippen LogP contribution in [0.15, 0.2) is 4.99 Å². The second-order valence-electron chi connectivity index (χ2n) is 8.35. The van der Waals surface area contributed by atoms with Crippen molar-refractivity contribution in [1.82, 2.24) is 16.0 Å². The van der Waals surface area contributed by atoms with Gasteiger partial charge >= 0.3 is 5.97 Å². The van der Waals surface area contributed by atoms with Crippen LogP contribution in [0.4, 0.5) is 0 Å². The molecule has 0 saturated heterocycles. The monoisotopic (exact) mass is 518 g/mol. The first-order valence-electron chi connectivity index (χ1n) is 11.7. The van der Waals surface area contributed by atoms with Gasteiger partial charge in [-0.2, -0.15) is 12.6 Å². The zero-order chi connectivity index (χ0) is 27.0. The number of aliphatic carboxylic acids is 1. The smallest absolute Gasteiger partial charge is 0.326 e. The Labute approximate surface area is 212 Å². The Balaban J connectivity index is 5.35. The molecule has 0 radical (unpaired) electrons. The summed E-state index contributed by atoms with van der Waals surface area (Å²) >= 11 is 4.12. The van der Waals surface area contributed by atoms with Crippen LogP contribution >= 0.6 is 12.6 Å². The summed E-state index contributed by atoms with van der Waals surface area (Å²) in [6.07, 6.45) is 2.56. The lowest BCUT2D eigenvalue weighted by Crippen LogP contribution is -2.58. The quantitative estimate of drug-likeness (QED) is 0.0421. The minimum absolute atomic E-state index is 0.0895. The summed E-state index contributed by atoms with van der Waals surface area (Å²) in [5.74, 6) is -3.32. The van der Waals surface area contributed by atoms with Crippen LogP contribution in [0.5, 0.6) is 0 Å². The fourth-order valence-corrected chi connectivity index (χ4v) is 3.30. The predicted molar refractivity (Wildman–Crippen MR) is 138 cm³/mol. The average molecular weight is 519 g/mol. The molecule has 5 atom stereocenters. The zero-order valence-electron chi connectivity index (χ0n) is 20.5. The number of carboxylic acids is 1. The molecule has 202 valence electrons. The molecule has 0 aliphatic heterocycles. The van der Waals surface area contributed by atoms with Crippen LogP contribution in [0.25, 0.3) is 0 Å². The highest BCUT2D eigenvalue weighted by molar-refractivity contribution is 7.80. The molecular formula is C21H42N8O5S. The van der Waals surface area contributed by atoms with Crippen LogP contribution in [0.2, 0.25) is 0 Å². The van der Waals surface area contributed by atoms with Crippen molar-refractivity contribution in [3.63, 3.8) is 0 Å². The lowest BCUT2D eigenvalue weighted by Gasteiger charge is -2.25. The molecule has 14 heteroatoms. The maximum Gasteiger partial charge on any atom is 0.326 e. The lowest BCUT2D eigenvalue weighted by molar-refractivity contribution is -0.142. The first kappa shape index (κ1) is 32.4. The molecule has 0 bridgehead atoms. The number of carbonyl (C=O) groups excluding carboxylic acids is 3. The Morgan fingerprint density at radius 1 is 0.914 bits per heavy atom. The van der Waals surface area contributed by atoms with Crippen molar-refractivity contribution in [3.8, 4) is 0 Å².